The van der Waals surface area contributed by atoms with Gasteiger partial charge in [0.15, 0.2) is 0 Å². The van der Waals surface area contributed by atoms with E-state index in [2.05, 4.69) is 4.98 Å². The predicted octanol–water partition coefficient (Wildman–Crippen LogP) is 4.47. The van der Waals surface area contributed by atoms with Crippen LogP contribution >= 0.6 is 11.6 Å². The van der Waals surface area contributed by atoms with Crippen LogP contribution in [0.25, 0.3) is 0 Å². The molecule has 30 heavy (non-hydrogen) atoms. The monoisotopic (exact) mass is 438 g/mol. The van der Waals surface area contributed by atoms with Gasteiger partial charge < -0.3 is 9.84 Å². The number of carbonyl (C=O) groups is 1. The molecule has 1 N–H and O–H groups in total. The maximum atomic E-state index is 13.2. The SMILES string of the molecule is O=C1OC(c2cccc(C(F)(F)F)c2)N(n2ccnc2)N1Cc1cc(Cl)ccc1O. The average Bonchev–Trinajstić information content (AvgIpc) is 3.32. The summed E-state index contributed by atoms with van der Waals surface area (Å²) in [6, 6.07) is 8.87. The molecule has 1 fully saturated rings. The zero-order chi connectivity index (χ0) is 21.5. The molecule has 1 unspecified atom stereocenters. The quantitative estimate of drug-likeness (QED) is 0.651. The fourth-order valence-electron chi connectivity index (χ4n) is 3.08. The Morgan fingerprint density at radius 1 is 1.20 bits per heavy atom. The minimum atomic E-state index is -4.55. The smallest absolute Gasteiger partial charge is 0.432 e. The lowest BCUT2D eigenvalue weighted by Gasteiger charge is -2.30. The molecule has 2 aromatic carbocycles. The van der Waals surface area contributed by atoms with Crippen molar-refractivity contribution in [2.45, 2.75) is 18.9 Å². The first-order valence-corrected chi connectivity index (χ1v) is 9.02. The molecule has 1 saturated heterocycles. The van der Waals surface area contributed by atoms with E-state index in [-0.39, 0.29) is 17.9 Å². The molecule has 7 nitrogen and oxygen atoms in total. The van der Waals surface area contributed by atoms with Gasteiger partial charge in [0, 0.05) is 28.5 Å². The topological polar surface area (TPSA) is 70.8 Å². The van der Waals surface area contributed by atoms with E-state index < -0.39 is 24.1 Å². The Kier molecular flexibility index (Phi) is 4.94. The minimum Gasteiger partial charge on any atom is -0.508 e. The van der Waals surface area contributed by atoms with Gasteiger partial charge in [-0.2, -0.15) is 23.3 Å². The molecule has 2 heterocycles. The fourth-order valence-corrected chi connectivity index (χ4v) is 3.28. The second-order valence-corrected chi connectivity index (χ2v) is 6.89. The number of aromatic nitrogens is 2. The van der Waals surface area contributed by atoms with Gasteiger partial charge >= 0.3 is 12.3 Å². The highest BCUT2D eigenvalue weighted by Gasteiger charge is 2.42. The molecule has 156 valence electrons. The third-order valence-corrected chi connectivity index (χ3v) is 4.70. The van der Waals surface area contributed by atoms with Crippen LogP contribution in [0.4, 0.5) is 18.0 Å². The summed E-state index contributed by atoms with van der Waals surface area (Å²) in [5, 5.41) is 12.9. The van der Waals surface area contributed by atoms with Crippen molar-refractivity contribution in [2.24, 2.45) is 0 Å². The highest BCUT2D eigenvalue weighted by atomic mass is 35.5. The number of carbonyl (C=O) groups excluding carboxylic acids is 1. The highest BCUT2D eigenvalue weighted by Crippen LogP contribution is 2.36. The number of hydrogen-bond donors (Lipinski definition) is 1. The van der Waals surface area contributed by atoms with Gasteiger partial charge in [0.25, 0.3) is 0 Å². The van der Waals surface area contributed by atoms with Gasteiger partial charge in [0.05, 0.1) is 12.1 Å². The summed E-state index contributed by atoms with van der Waals surface area (Å²) < 4.78 is 46.3. The highest BCUT2D eigenvalue weighted by molar-refractivity contribution is 6.30. The van der Waals surface area contributed by atoms with E-state index in [1.54, 1.807) is 0 Å². The van der Waals surface area contributed by atoms with Crippen LogP contribution in [-0.2, 0) is 17.5 Å². The van der Waals surface area contributed by atoms with Gasteiger partial charge in [-0.05, 0) is 30.3 Å². The van der Waals surface area contributed by atoms with Gasteiger partial charge in [0.1, 0.15) is 12.1 Å². The number of ether oxygens (including phenoxy) is 1. The first kappa shape index (κ1) is 19.9. The lowest BCUT2D eigenvalue weighted by Crippen LogP contribution is -2.46. The van der Waals surface area contributed by atoms with Gasteiger partial charge in [-0.25, -0.2) is 14.5 Å². The number of phenolic OH excluding ortho intramolecular Hbond substituents is 1. The summed E-state index contributed by atoms with van der Waals surface area (Å²) in [5.41, 5.74) is -0.425. The van der Waals surface area contributed by atoms with E-state index in [1.165, 1.54) is 58.8 Å². The number of benzene rings is 2. The van der Waals surface area contributed by atoms with Crippen LogP contribution in [0, 0.1) is 0 Å². The van der Waals surface area contributed by atoms with Crippen molar-refractivity contribution < 1.29 is 27.8 Å². The molecule has 1 aromatic heterocycles. The number of alkyl halides is 3. The summed E-state index contributed by atoms with van der Waals surface area (Å²) in [6.45, 7) is -0.140. The summed E-state index contributed by atoms with van der Waals surface area (Å²) in [4.78, 5) is 16.6. The van der Waals surface area contributed by atoms with Crippen molar-refractivity contribution in [3.8, 4) is 5.75 Å². The molecule has 0 spiro atoms. The number of imidazole rings is 1. The predicted molar refractivity (Wildman–Crippen MR) is 99.8 cm³/mol. The summed E-state index contributed by atoms with van der Waals surface area (Å²) >= 11 is 5.98. The number of hydrazine groups is 1. The summed E-state index contributed by atoms with van der Waals surface area (Å²) in [5.74, 6) is -0.0969. The van der Waals surface area contributed by atoms with E-state index in [0.29, 0.717) is 10.6 Å². The maximum Gasteiger partial charge on any atom is 0.432 e. The average molecular weight is 439 g/mol. The molecule has 0 bridgehead atoms. The molecule has 3 aromatic rings. The van der Waals surface area contributed by atoms with Gasteiger partial charge in [0.2, 0.25) is 6.23 Å². The van der Waals surface area contributed by atoms with E-state index in [9.17, 15) is 23.1 Å². The Labute approximate surface area is 173 Å². The lowest BCUT2D eigenvalue weighted by atomic mass is 10.1. The molecule has 1 aliphatic rings. The largest absolute Gasteiger partial charge is 0.508 e. The second kappa shape index (κ2) is 7.45. The van der Waals surface area contributed by atoms with Crippen molar-refractivity contribution in [1.29, 1.82) is 0 Å². The van der Waals surface area contributed by atoms with Crippen LogP contribution in [0.2, 0.25) is 5.02 Å². The van der Waals surface area contributed by atoms with Crippen LogP contribution in [0.3, 0.4) is 0 Å². The molecule has 11 heteroatoms. The first-order chi connectivity index (χ1) is 14.2. The Balaban J connectivity index is 1.74. The molecule has 1 aliphatic heterocycles. The number of phenols is 1. The van der Waals surface area contributed by atoms with Crippen LogP contribution in [0.1, 0.15) is 22.9 Å². The molecule has 4 rings (SSSR count). The van der Waals surface area contributed by atoms with Gasteiger partial charge in [-0.15, -0.1) is 0 Å². The molecule has 1 amide bonds. The Morgan fingerprint density at radius 3 is 2.70 bits per heavy atom. The number of cyclic esters (lactones) is 1. The summed E-state index contributed by atoms with van der Waals surface area (Å²) in [7, 11) is 0. The first-order valence-electron chi connectivity index (χ1n) is 8.64. The molecule has 0 aliphatic carbocycles. The van der Waals surface area contributed by atoms with Crippen LogP contribution in [-0.4, -0.2) is 25.9 Å². The molecule has 0 radical (unpaired) electrons. The van der Waals surface area contributed by atoms with Crippen molar-refractivity contribution in [1.82, 2.24) is 14.7 Å². The molecule has 0 saturated carbocycles. The number of hydrogen-bond acceptors (Lipinski definition) is 5. The van der Waals surface area contributed by atoms with Crippen molar-refractivity contribution in [2.75, 3.05) is 5.12 Å². The third-order valence-electron chi connectivity index (χ3n) is 4.47. The van der Waals surface area contributed by atoms with Crippen LogP contribution in [0.5, 0.6) is 5.75 Å². The van der Waals surface area contributed by atoms with E-state index in [4.69, 9.17) is 16.3 Å². The van der Waals surface area contributed by atoms with Crippen molar-refractivity contribution in [3.05, 3.63) is 82.9 Å². The number of rotatable bonds is 4. The number of amides is 1. The number of aromatic hydroxyl groups is 1. The molecular weight excluding hydrogens is 425 g/mol. The molecular formula is C19H14ClF3N4O3. The summed E-state index contributed by atoms with van der Waals surface area (Å²) in [6.07, 6.45) is -2.23. The van der Waals surface area contributed by atoms with Crippen LogP contribution in [0.15, 0.2) is 61.2 Å². The maximum absolute atomic E-state index is 13.2. The Morgan fingerprint density at radius 2 is 2.00 bits per heavy atom. The minimum absolute atomic E-state index is 0.0969. The van der Waals surface area contributed by atoms with Gasteiger partial charge in [-0.3, -0.25) is 0 Å². The lowest BCUT2D eigenvalue weighted by molar-refractivity contribution is -0.137. The zero-order valence-corrected chi connectivity index (χ0v) is 15.9. The Hall–Kier alpha value is -3.40. The Bertz CT molecular complexity index is 1080. The van der Waals surface area contributed by atoms with E-state index >= 15 is 0 Å². The standard InChI is InChI=1S/C19H14ClF3N4O3/c20-15-4-5-16(28)13(9-15)10-26-18(29)30-17(27(26)25-7-6-24-11-25)12-2-1-3-14(8-12)19(21,22)23/h1-9,11,17,28H,10H2. The molecule has 1 atom stereocenters. The van der Waals surface area contributed by atoms with Crippen LogP contribution < -0.4 is 5.12 Å². The second-order valence-electron chi connectivity index (χ2n) is 6.45. The van der Waals surface area contributed by atoms with Crippen molar-refractivity contribution in [3.63, 3.8) is 0 Å². The zero-order valence-electron chi connectivity index (χ0n) is 15.1. The van der Waals surface area contributed by atoms with Gasteiger partial charge in [-0.1, -0.05) is 23.7 Å². The number of nitrogens with zero attached hydrogens (tertiary/aromatic N) is 4. The van der Waals surface area contributed by atoms with Crippen molar-refractivity contribution >= 4 is 17.7 Å². The van der Waals surface area contributed by atoms with E-state index in [1.807, 2.05) is 0 Å². The normalized spacial score (nSPS) is 16.8. The number of halogens is 4. The van der Waals surface area contributed by atoms with E-state index in [0.717, 1.165) is 17.1 Å². The third kappa shape index (κ3) is 3.73. The fraction of sp³-hybridized carbons (Fsp3) is 0.158.